The van der Waals surface area contributed by atoms with Crippen LogP contribution < -0.4 is 0 Å². The minimum atomic E-state index is -1.40. The molecule has 0 aliphatic carbocycles. The lowest BCUT2D eigenvalue weighted by atomic mass is 9.73. The van der Waals surface area contributed by atoms with Gasteiger partial charge in [0.25, 0.3) is 0 Å². The van der Waals surface area contributed by atoms with Crippen molar-refractivity contribution in [1.82, 2.24) is 0 Å². The lowest BCUT2D eigenvalue weighted by Crippen LogP contribution is -2.51. The molecule has 1 atom stereocenters. The third kappa shape index (κ3) is 1.49. The Labute approximate surface area is 114 Å². The predicted octanol–water partition coefficient (Wildman–Crippen LogP) is 5.40. The van der Waals surface area contributed by atoms with Gasteiger partial charge in [-0.3, -0.25) is 0 Å². The van der Waals surface area contributed by atoms with Crippen LogP contribution in [0.5, 0.6) is 0 Å². The van der Waals surface area contributed by atoms with E-state index in [2.05, 4.69) is 78.0 Å². The van der Waals surface area contributed by atoms with Crippen molar-refractivity contribution in [3.8, 4) is 0 Å². The van der Waals surface area contributed by atoms with Crippen molar-refractivity contribution in [2.45, 2.75) is 64.2 Å². The second-order valence-corrected chi connectivity index (χ2v) is 13.6. The Morgan fingerprint density at radius 1 is 0.889 bits per heavy atom. The van der Waals surface area contributed by atoms with Crippen LogP contribution >= 0.6 is 0 Å². The summed E-state index contributed by atoms with van der Waals surface area (Å²) < 4.78 is 0. The smallest absolute Gasteiger partial charge is 0.0645 e. The van der Waals surface area contributed by atoms with E-state index in [0.29, 0.717) is 15.5 Å². The molecule has 1 unspecified atom stereocenters. The minimum Gasteiger partial charge on any atom is -0.0683 e. The number of hydrogen-bond donors (Lipinski definition) is 0. The molecule has 100 valence electrons. The van der Waals surface area contributed by atoms with Crippen molar-refractivity contribution in [1.29, 1.82) is 0 Å². The molecule has 1 aliphatic rings. The summed E-state index contributed by atoms with van der Waals surface area (Å²) in [6.07, 6.45) is 1.32. The largest absolute Gasteiger partial charge is 0.0683 e. The van der Waals surface area contributed by atoms with Crippen LogP contribution in [0.25, 0.3) is 0 Å². The average molecular weight is 260 g/mol. The number of benzene rings is 1. The Morgan fingerprint density at radius 3 is 1.78 bits per heavy atom. The third-order valence-electron chi connectivity index (χ3n) is 6.84. The maximum Gasteiger partial charge on any atom is 0.0645 e. The highest BCUT2D eigenvalue weighted by atomic mass is 28.3. The quantitative estimate of drug-likeness (QED) is 0.593. The summed E-state index contributed by atoms with van der Waals surface area (Å²) in [4.78, 5) is 0. The van der Waals surface area contributed by atoms with Gasteiger partial charge in [0.15, 0.2) is 0 Å². The van der Waals surface area contributed by atoms with Crippen LogP contribution in [0.1, 0.15) is 46.6 Å². The molecule has 1 aromatic rings. The monoisotopic (exact) mass is 260 g/mol. The van der Waals surface area contributed by atoms with E-state index in [4.69, 9.17) is 0 Å². The van der Waals surface area contributed by atoms with Crippen LogP contribution in [0.2, 0.25) is 18.1 Å². The van der Waals surface area contributed by atoms with Crippen molar-refractivity contribution in [3.05, 3.63) is 35.9 Å². The van der Waals surface area contributed by atoms with E-state index in [1.165, 1.54) is 6.42 Å². The first kappa shape index (κ1) is 13.9. The van der Waals surface area contributed by atoms with Gasteiger partial charge < -0.3 is 0 Å². The van der Waals surface area contributed by atoms with Crippen LogP contribution in [-0.2, 0) is 5.04 Å². The molecule has 1 heteroatoms. The fourth-order valence-corrected chi connectivity index (χ4v) is 9.06. The summed E-state index contributed by atoms with van der Waals surface area (Å²) in [6, 6.07) is 11.2. The van der Waals surface area contributed by atoms with Gasteiger partial charge in [0, 0.05) is 0 Å². The lowest BCUT2D eigenvalue weighted by Gasteiger charge is -2.47. The molecular formula is C17H28Si. The molecule has 0 saturated carbocycles. The molecule has 0 spiro atoms. The van der Waals surface area contributed by atoms with Crippen LogP contribution in [0.15, 0.2) is 30.3 Å². The van der Waals surface area contributed by atoms with Gasteiger partial charge in [0.1, 0.15) is 0 Å². The van der Waals surface area contributed by atoms with E-state index in [9.17, 15) is 0 Å². The van der Waals surface area contributed by atoms with E-state index in [-0.39, 0.29) is 0 Å². The first-order valence-corrected chi connectivity index (χ1v) is 10.1. The van der Waals surface area contributed by atoms with Gasteiger partial charge in [-0.25, -0.2) is 0 Å². The Morgan fingerprint density at radius 2 is 1.39 bits per heavy atom. The summed E-state index contributed by atoms with van der Waals surface area (Å²) in [5.74, 6) is 0. The Hall–Kier alpha value is -0.563. The van der Waals surface area contributed by atoms with Crippen molar-refractivity contribution < 1.29 is 0 Å². The first-order valence-electron chi connectivity index (χ1n) is 7.12. The molecule has 18 heavy (non-hydrogen) atoms. The molecule has 0 radical (unpaired) electrons. The summed E-state index contributed by atoms with van der Waals surface area (Å²) in [7, 11) is -1.40. The summed E-state index contributed by atoms with van der Waals surface area (Å²) in [5, 5.41) is 0.853. The molecule has 1 saturated heterocycles. The summed E-state index contributed by atoms with van der Waals surface area (Å²) in [6.45, 7) is 17.7. The van der Waals surface area contributed by atoms with Gasteiger partial charge in [0.2, 0.25) is 0 Å². The normalized spacial score (nSPS) is 32.4. The van der Waals surface area contributed by atoms with Gasteiger partial charge in [-0.1, -0.05) is 78.0 Å². The SMILES string of the molecule is CC1(C)CC(C)(c2ccccc2)[Si](C)(C)C1(C)C. The summed E-state index contributed by atoms with van der Waals surface area (Å²) >= 11 is 0. The molecule has 1 aromatic carbocycles. The standard InChI is InChI=1S/C17H28Si/c1-15(2)13-17(5,14-11-9-8-10-12-14)18(6,7)16(15,3)4/h8-12H,13H2,1-7H3. The van der Waals surface area contributed by atoms with Crippen molar-refractivity contribution >= 4 is 8.07 Å². The Bertz CT molecular complexity index is 442. The average Bonchev–Trinajstić information content (AvgIpc) is 2.37. The van der Waals surface area contributed by atoms with Crippen LogP contribution in [0, 0.1) is 5.41 Å². The molecule has 0 bridgehead atoms. The van der Waals surface area contributed by atoms with Crippen LogP contribution in [0.3, 0.4) is 0 Å². The topological polar surface area (TPSA) is 0 Å². The zero-order chi connectivity index (χ0) is 13.8. The van der Waals surface area contributed by atoms with E-state index in [1.54, 1.807) is 5.56 Å². The van der Waals surface area contributed by atoms with Gasteiger partial charge in [-0.15, -0.1) is 0 Å². The predicted molar refractivity (Wildman–Crippen MR) is 83.7 cm³/mol. The van der Waals surface area contributed by atoms with Gasteiger partial charge in [-0.2, -0.15) is 0 Å². The van der Waals surface area contributed by atoms with Gasteiger partial charge in [-0.05, 0) is 27.5 Å². The molecule has 1 fully saturated rings. The zero-order valence-corrected chi connectivity index (χ0v) is 14.1. The van der Waals surface area contributed by atoms with Crippen LogP contribution in [-0.4, -0.2) is 8.07 Å². The lowest BCUT2D eigenvalue weighted by molar-refractivity contribution is 0.255. The van der Waals surface area contributed by atoms with E-state index in [0.717, 1.165) is 0 Å². The van der Waals surface area contributed by atoms with Crippen molar-refractivity contribution in [2.75, 3.05) is 0 Å². The number of rotatable bonds is 1. The molecular weight excluding hydrogens is 232 g/mol. The first-order chi connectivity index (χ1) is 8.06. The van der Waals surface area contributed by atoms with Crippen LogP contribution in [0.4, 0.5) is 0 Å². The highest BCUT2D eigenvalue weighted by Crippen LogP contribution is 2.68. The zero-order valence-electron chi connectivity index (χ0n) is 13.1. The molecule has 0 nitrogen and oxygen atoms in total. The summed E-state index contributed by atoms with van der Waals surface area (Å²) in [5.41, 5.74) is 1.98. The minimum absolute atomic E-state index is 0.390. The third-order valence-corrected chi connectivity index (χ3v) is 13.9. The molecule has 1 aliphatic heterocycles. The molecule has 1 heterocycles. The molecule has 0 aromatic heterocycles. The highest BCUT2D eigenvalue weighted by molar-refractivity contribution is 6.83. The highest BCUT2D eigenvalue weighted by Gasteiger charge is 2.65. The maximum absolute atomic E-state index is 2.59. The Balaban J connectivity index is 2.61. The van der Waals surface area contributed by atoms with E-state index >= 15 is 0 Å². The second-order valence-electron chi connectivity index (χ2n) is 8.01. The van der Waals surface area contributed by atoms with Crippen molar-refractivity contribution in [2.24, 2.45) is 5.41 Å². The van der Waals surface area contributed by atoms with E-state index in [1.807, 2.05) is 0 Å². The fourth-order valence-electron chi connectivity index (χ4n) is 4.13. The molecule has 0 amide bonds. The van der Waals surface area contributed by atoms with Gasteiger partial charge >= 0.3 is 0 Å². The van der Waals surface area contributed by atoms with E-state index < -0.39 is 8.07 Å². The maximum atomic E-state index is 2.59. The molecule has 0 N–H and O–H groups in total. The van der Waals surface area contributed by atoms with Gasteiger partial charge in [0.05, 0.1) is 8.07 Å². The number of hydrogen-bond acceptors (Lipinski definition) is 0. The van der Waals surface area contributed by atoms with Crippen molar-refractivity contribution in [3.63, 3.8) is 0 Å². The molecule has 2 rings (SSSR count). The second kappa shape index (κ2) is 3.72. The fraction of sp³-hybridized carbons (Fsp3) is 0.647. The Kier molecular flexibility index (Phi) is 2.87.